The van der Waals surface area contributed by atoms with Gasteiger partial charge in [0.2, 0.25) is 0 Å². The van der Waals surface area contributed by atoms with Gasteiger partial charge in [-0.05, 0) is 42.0 Å². The van der Waals surface area contributed by atoms with E-state index in [1.54, 1.807) is 61.5 Å². The van der Waals surface area contributed by atoms with Crippen molar-refractivity contribution >= 4 is 28.8 Å². The molecule has 0 saturated carbocycles. The molecule has 0 aliphatic carbocycles. The average molecular weight is 444 g/mol. The minimum Gasteiger partial charge on any atom is -0.495 e. The van der Waals surface area contributed by atoms with E-state index < -0.39 is 11.8 Å². The largest absolute Gasteiger partial charge is 0.495 e. The lowest BCUT2D eigenvalue weighted by Crippen LogP contribution is -2.34. The summed E-state index contributed by atoms with van der Waals surface area (Å²) in [6, 6.07) is 21.5. The van der Waals surface area contributed by atoms with E-state index in [-0.39, 0.29) is 11.3 Å². The molecule has 0 atom stereocenters. The van der Waals surface area contributed by atoms with E-state index in [1.165, 1.54) is 14.2 Å². The summed E-state index contributed by atoms with van der Waals surface area (Å²) < 4.78 is 16.2. The molecule has 1 aliphatic heterocycles. The maximum Gasteiger partial charge on any atom is 0.282 e. The number of carbonyl (C=O) groups excluding carboxylic acids is 2. The van der Waals surface area contributed by atoms with Crippen molar-refractivity contribution in [2.24, 2.45) is 0 Å². The molecule has 3 aromatic rings. The first-order valence-electron chi connectivity index (χ1n) is 10.3. The second-order valence-electron chi connectivity index (χ2n) is 7.31. The topological polar surface area (TPSA) is 68.3 Å². The van der Waals surface area contributed by atoms with Gasteiger partial charge < -0.3 is 19.1 Å². The fourth-order valence-electron chi connectivity index (χ4n) is 3.90. The molecular weight excluding hydrogens is 420 g/mol. The van der Waals surface area contributed by atoms with Crippen LogP contribution in [0.15, 0.2) is 78.5 Å². The van der Waals surface area contributed by atoms with Crippen molar-refractivity contribution in [3.63, 3.8) is 0 Å². The lowest BCUT2D eigenvalue weighted by atomic mass is 10.0. The van der Waals surface area contributed by atoms with Gasteiger partial charge in [-0.15, -0.1) is 0 Å². The Morgan fingerprint density at radius 3 is 2.00 bits per heavy atom. The van der Waals surface area contributed by atoms with Gasteiger partial charge in [-0.1, -0.05) is 36.4 Å². The lowest BCUT2D eigenvalue weighted by Gasteiger charge is -2.22. The molecule has 4 rings (SSSR count). The molecule has 2 amide bonds. The summed E-state index contributed by atoms with van der Waals surface area (Å²) >= 11 is 0. The molecular formula is C26H24N2O5. The number of imide groups is 1. The van der Waals surface area contributed by atoms with Crippen LogP contribution in [0, 0.1) is 0 Å². The zero-order chi connectivity index (χ0) is 23.5. The Bertz CT molecular complexity index is 1240. The first kappa shape index (κ1) is 22.0. The van der Waals surface area contributed by atoms with Gasteiger partial charge in [-0.2, -0.15) is 0 Å². The molecule has 0 unspecified atom stereocenters. The van der Waals surface area contributed by atoms with Crippen LogP contribution in [0.4, 0.5) is 11.4 Å². The van der Waals surface area contributed by atoms with Crippen LogP contribution in [0.3, 0.4) is 0 Å². The smallest absolute Gasteiger partial charge is 0.282 e. The molecule has 1 heterocycles. The number of methoxy groups -OCH3 is 3. The van der Waals surface area contributed by atoms with E-state index in [0.717, 1.165) is 10.6 Å². The standard InChI is InChI=1S/C26H24N2O5/c1-27(18-10-6-5-7-11-18)24-23(17-14-15-21(32-3)22(16-17)33-4)25(29)28(26(24)30)19-12-8-9-13-20(19)31-2/h5-16H,1-4H3. The van der Waals surface area contributed by atoms with Crippen molar-refractivity contribution in [3.05, 3.63) is 84.1 Å². The van der Waals surface area contributed by atoms with Crippen molar-refractivity contribution in [1.82, 2.24) is 0 Å². The van der Waals surface area contributed by atoms with Crippen LogP contribution >= 0.6 is 0 Å². The molecule has 7 heteroatoms. The second-order valence-corrected chi connectivity index (χ2v) is 7.31. The molecule has 168 valence electrons. The van der Waals surface area contributed by atoms with Gasteiger partial charge in [0.25, 0.3) is 11.8 Å². The molecule has 0 saturated heterocycles. The van der Waals surface area contributed by atoms with Crippen molar-refractivity contribution in [3.8, 4) is 17.2 Å². The molecule has 0 radical (unpaired) electrons. The van der Waals surface area contributed by atoms with Crippen LogP contribution in [0.5, 0.6) is 17.2 Å². The number of carbonyl (C=O) groups is 2. The van der Waals surface area contributed by atoms with Crippen LogP contribution in [-0.2, 0) is 9.59 Å². The molecule has 7 nitrogen and oxygen atoms in total. The molecule has 33 heavy (non-hydrogen) atoms. The van der Waals surface area contributed by atoms with Crippen LogP contribution in [0.2, 0.25) is 0 Å². The normalized spacial score (nSPS) is 13.4. The van der Waals surface area contributed by atoms with E-state index in [1.807, 2.05) is 30.3 Å². The predicted octanol–water partition coefficient (Wildman–Crippen LogP) is 4.13. The van der Waals surface area contributed by atoms with Crippen molar-refractivity contribution < 1.29 is 23.8 Å². The summed E-state index contributed by atoms with van der Waals surface area (Å²) in [5.74, 6) is 0.517. The van der Waals surface area contributed by atoms with Gasteiger partial charge in [-0.3, -0.25) is 9.59 Å². The summed E-state index contributed by atoms with van der Waals surface area (Å²) in [4.78, 5) is 30.4. The van der Waals surface area contributed by atoms with Gasteiger partial charge >= 0.3 is 0 Å². The molecule has 0 N–H and O–H groups in total. The number of anilines is 2. The number of para-hydroxylation sites is 3. The highest BCUT2D eigenvalue weighted by Crippen LogP contribution is 2.41. The van der Waals surface area contributed by atoms with Gasteiger partial charge in [0, 0.05) is 12.7 Å². The average Bonchev–Trinajstić information content (AvgIpc) is 3.13. The highest BCUT2D eigenvalue weighted by Gasteiger charge is 2.43. The third kappa shape index (κ3) is 3.78. The highest BCUT2D eigenvalue weighted by atomic mass is 16.5. The number of amides is 2. The third-order valence-corrected chi connectivity index (χ3v) is 5.54. The van der Waals surface area contributed by atoms with Crippen molar-refractivity contribution in [2.45, 2.75) is 0 Å². The van der Waals surface area contributed by atoms with Gasteiger partial charge in [0.1, 0.15) is 11.4 Å². The first-order valence-corrected chi connectivity index (χ1v) is 10.3. The van der Waals surface area contributed by atoms with Gasteiger partial charge in [-0.25, -0.2) is 4.90 Å². The number of nitrogens with zero attached hydrogens (tertiary/aromatic N) is 2. The monoisotopic (exact) mass is 444 g/mol. The zero-order valence-electron chi connectivity index (χ0n) is 18.9. The summed E-state index contributed by atoms with van der Waals surface area (Å²) in [6.45, 7) is 0. The van der Waals surface area contributed by atoms with E-state index in [0.29, 0.717) is 28.5 Å². The van der Waals surface area contributed by atoms with E-state index in [9.17, 15) is 9.59 Å². The Balaban J connectivity index is 1.92. The third-order valence-electron chi connectivity index (χ3n) is 5.54. The summed E-state index contributed by atoms with van der Waals surface area (Å²) in [5, 5.41) is 0. The quantitative estimate of drug-likeness (QED) is 0.511. The summed E-state index contributed by atoms with van der Waals surface area (Å²) in [5.41, 5.74) is 2.21. The van der Waals surface area contributed by atoms with E-state index in [2.05, 4.69) is 0 Å². The van der Waals surface area contributed by atoms with E-state index >= 15 is 0 Å². The van der Waals surface area contributed by atoms with Crippen LogP contribution in [0.25, 0.3) is 5.57 Å². The Morgan fingerprint density at radius 2 is 1.33 bits per heavy atom. The molecule has 0 spiro atoms. The number of likely N-dealkylation sites (N-methyl/N-ethyl adjacent to an activating group) is 1. The number of benzene rings is 3. The Labute approximate surface area is 192 Å². The number of ether oxygens (including phenoxy) is 3. The lowest BCUT2D eigenvalue weighted by molar-refractivity contribution is -0.120. The van der Waals surface area contributed by atoms with Gasteiger partial charge in [0.15, 0.2) is 11.5 Å². The molecule has 1 aliphatic rings. The zero-order valence-corrected chi connectivity index (χ0v) is 18.9. The molecule has 0 bridgehead atoms. The van der Waals surface area contributed by atoms with Crippen LogP contribution in [0.1, 0.15) is 5.56 Å². The van der Waals surface area contributed by atoms with Crippen LogP contribution in [-0.4, -0.2) is 40.2 Å². The van der Waals surface area contributed by atoms with Crippen LogP contribution < -0.4 is 24.0 Å². The molecule has 0 fully saturated rings. The maximum atomic E-state index is 13.8. The maximum absolute atomic E-state index is 13.8. The number of hydrogen-bond acceptors (Lipinski definition) is 6. The minimum absolute atomic E-state index is 0.254. The SMILES string of the molecule is COc1ccc(C2=C(N(C)c3ccccc3)C(=O)N(c3ccccc3OC)C2=O)cc1OC. The minimum atomic E-state index is -0.450. The fourth-order valence-corrected chi connectivity index (χ4v) is 3.90. The number of hydrogen-bond donors (Lipinski definition) is 0. The highest BCUT2D eigenvalue weighted by molar-refractivity contribution is 6.46. The Hall–Kier alpha value is -4.26. The van der Waals surface area contributed by atoms with Crippen molar-refractivity contribution in [2.75, 3.05) is 38.2 Å². The fraction of sp³-hybridized carbons (Fsp3) is 0.154. The Kier molecular flexibility index (Phi) is 6.04. The molecule has 0 aromatic heterocycles. The molecule has 3 aromatic carbocycles. The second kappa shape index (κ2) is 9.08. The summed E-state index contributed by atoms with van der Waals surface area (Å²) in [6.07, 6.45) is 0. The van der Waals surface area contributed by atoms with Crippen molar-refractivity contribution in [1.29, 1.82) is 0 Å². The first-order chi connectivity index (χ1) is 16.0. The summed E-state index contributed by atoms with van der Waals surface area (Å²) in [7, 11) is 6.33. The number of rotatable bonds is 7. The predicted molar refractivity (Wildman–Crippen MR) is 127 cm³/mol. The van der Waals surface area contributed by atoms with Gasteiger partial charge in [0.05, 0.1) is 32.6 Å². The van der Waals surface area contributed by atoms with E-state index in [4.69, 9.17) is 14.2 Å². The Morgan fingerprint density at radius 1 is 0.697 bits per heavy atom.